The third-order valence-corrected chi connectivity index (χ3v) is 7.83. The fourth-order valence-corrected chi connectivity index (χ4v) is 5.94. The number of aromatic amines is 1. The predicted octanol–water partition coefficient (Wildman–Crippen LogP) is 4.04. The molecule has 0 spiro atoms. The summed E-state index contributed by atoms with van der Waals surface area (Å²) >= 11 is 1.68. The second-order valence-electron chi connectivity index (χ2n) is 7.20. The van der Waals surface area contributed by atoms with Crippen molar-refractivity contribution in [1.29, 1.82) is 0 Å². The summed E-state index contributed by atoms with van der Waals surface area (Å²) in [6.45, 7) is 2.69. The Morgan fingerprint density at radius 2 is 1.97 bits per heavy atom. The van der Waals surface area contributed by atoms with E-state index in [9.17, 15) is 26.4 Å². The molecule has 1 aliphatic heterocycles. The third-order valence-electron chi connectivity index (χ3n) is 5.01. The molecule has 2 N–H and O–H groups in total. The summed E-state index contributed by atoms with van der Waals surface area (Å²) in [5.41, 5.74) is -0.401. The Morgan fingerprint density at radius 3 is 2.61 bits per heavy atom. The SMILES string of the molecule is CCCC(NC(=O)c1cc(S(=O)(=O)N2CCSCC2)c[nH]1)c1cccc(C(F)(F)F)c1. The smallest absolute Gasteiger partial charge is 0.356 e. The van der Waals surface area contributed by atoms with Crippen LogP contribution in [-0.4, -0.2) is 48.2 Å². The molecule has 170 valence electrons. The van der Waals surface area contributed by atoms with Crippen molar-refractivity contribution >= 4 is 27.7 Å². The molecule has 6 nitrogen and oxygen atoms in total. The fraction of sp³-hybridized carbons (Fsp3) is 0.450. The monoisotopic (exact) mass is 475 g/mol. The molecule has 1 unspecified atom stereocenters. The first-order chi connectivity index (χ1) is 14.6. The Bertz CT molecular complexity index is 1020. The lowest BCUT2D eigenvalue weighted by Gasteiger charge is -2.24. The number of halogens is 3. The van der Waals surface area contributed by atoms with Gasteiger partial charge in [0.2, 0.25) is 10.0 Å². The second kappa shape index (κ2) is 9.66. The lowest BCUT2D eigenvalue weighted by molar-refractivity contribution is -0.137. The first kappa shape index (κ1) is 23.7. The number of aromatic nitrogens is 1. The molecule has 1 saturated heterocycles. The number of benzene rings is 1. The fourth-order valence-electron chi connectivity index (χ4n) is 3.37. The molecule has 0 saturated carbocycles. The number of hydrogen-bond acceptors (Lipinski definition) is 4. The zero-order valence-electron chi connectivity index (χ0n) is 16.9. The molecule has 1 aliphatic rings. The van der Waals surface area contributed by atoms with Crippen LogP contribution in [0.25, 0.3) is 0 Å². The van der Waals surface area contributed by atoms with Crippen LogP contribution in [0.1, 0.15) is 47.4 Å². The highest BCUT2D eigenvalue weighted by Crippen LogP contribution is 2.31. The molecule has 0 radical (unpaired) electrons. The highest BCUT2D eigenvalue weighted by atomic mass is 32.2. The number of nitrogens with zero attached hydrogens (tertiary/aromatic N) is 1. The van der Waals surface area contributed by atoms with Gasteiger partial charge in [-0.2, -0.15) is 29.2 Å². The minimum atomic E-state index is -4.48. The first-order valence-electron chi connectivity index (χ1n) is 9.87. The zero-order chi connectivity index (χ0) is 22.6. The summed E-state index contributed by atoms with van der Waals surface area (Å²) in [5, 5.41) is 2.72. The van der Waals surface area contributed by atoms with Crippen molar-refractivity contribution in [3.63, 3.8) is 0 Å². The molecule has 1 fully saturated rings. The third kappa shape index (κ3) is 5.64. The topological polar surface area (TPSA) is 82.3 Å². The van der Waals surface area contributed by atoms with E-state index >= 15 is 0 Å². The Morgan fingerprint density at radius 1 is 1.26 bits per heavy atom. The van der Waals surface area contributed by atoms with Crippen molar-refractivity contribution in [2.75, 3.05) is 24.6 Å². The minimum absolute atomic E-state index is 0.00402. The number of hydrogen-bond donors (Lipinski definition) is 2. The number of rotatable bonds is 7. The van der Waals surface area contributed by atoms with Crippen LogP contribution in [-0.2, 0) is 16.2 Å². The molecule has 0 bridgehead atoms. The number of carbonyl (C=O) groups excluding carboxylic acids is 1. The normalized spacial score (nSPS) is 16.8. The van der Waals surface area contributed by atoms with Gasteiger partial charge in [0.1, 0.15) is 10.6 Å². The quantitative estimate of drug-likeness (QED) is 0.633. The van der Waals surface area contributed by atoms with Crippen molar-refractivity contribution in [2.45, 2.75) is 36.9 Å². The number of carbonyl (C=O) groups is 1. The van der Waals surface area contributed by atoms with Gasteiger partial charge in [0, 0.05) is 30.8 Å². The van der Waals surface area contributed by atoms with E-state index < -0.39 is 33.7 Å². The van der Waals surface area contributed by atoms with E-state index in [0.717, 1.165) is 12.1 Å². The van der Waals surface area contributed by atoms with Gasteiger partial charge in [-0.25, -0.2) is 8.42 Å². The maximum atomic E-state index is 13.1. The molecular weight excluding hydrogens is 451 g/mol. The predicted molar refractivity (Wildman–Crippen MR) is 113 cm³/mol. The number of thioether (sulfide) groups is 1. The van der Waals surface area contributed by atoms with Gasteiger partial charge in [-0.3, -0.25) is 4.79 Å². The number of alkyl halides is 3. The molecule has 2 heterocycles. The summed E-state index contributed by atoms with van der Waals surface area (Å²) in [5.74, 6) is 0.853. The molecule has 2 aromatic rings. The number of amides is 1. The summed E-state index contributed by atoms with van der Waals surface area (Å²) in [6, 6.07) is 5.48. The maximum Gasteiger partial charge on any atom is 0.416 e. The van der Waals surface area contributed by atoms with Gasteiger partial charge in [-0.05, 0) is 30.2 Å². The van der Waals surface area contributed by atoms with Crippen LogP contribution < -0.4 is 5.32 Å². The molecule has 1 aromatic carbocycles. The lowest BCUT2D eigenvalue weighted by Crippen LogP contribution is -2.37. The minimum Gasteiger partial charge on any atom is -0.356 e. The molecule has 31 heavy (non-hydrogen) atoms. The van der Waals surface area contributed by atoms with Gasteiger partial charge in [-0.1, -0.05) is 25.5 Å². The summed E-state index contributed by atoms with van der Waals surface area (Å²) in [6.07, 6.45) is -2.14. The van der Waals surface area contributed by atoms with Gasteiger partial charge in [-0.15, -0.1) is 0 Å². The van der Waals surface area contributed by atoms with Crippen LogP contribution in [0.2, 0.25) is 0 Å². The van der Waals surface area contributed by atoms with Gasteiger partial charge in [0.15, 0.2) is 0 Å². The standard InChI is InChI=1S/C20H24F3N3O3S2/c1-2-4-17(14-5-3-6-15(11-14)20(21,22)23)25-19(27)18-12-16(13-24-18)31(28,29)26-7-9-30-10-8-26/h3,5-6,11-13,17,24H,2,4,7-10H2,1H3,(H,25,27). The summed E-state index contributed by atoms with van der Waals surface area (Å²) in [7, 11) is -3.70. The van der Waals surface area contributed by atoms with E-state index in [0.29, 0.717) is 43.0 Å². The van der Waals surface area contributed by atoms with E-state index in [4.69, 9.17) is 0 Å². The molecule has 1 atom stereocenters. The van der Waals surface area contributed by atoms with Crippen molar-refractivity contribution in [3.05, 3.63) is 53.3 Å². The number of H-pyrrole nitrogens is 1. The highest BCUT2D eigenvalue weighted by Gasteiger charge is 2.31. The van der Waals surface area contributed by atoms with Gasteiger partial charge < -0.3 is 10.3 Å². The first-order valence-corrected chi connectivity index (χ1v) is 12.5. The van der Waals surface area contributed by atoms with Crippen molar-refractivity contribution in [2.24, 2.45) is 0 Å². The van der Waals surface area contributed by atoms with Crippen LogP contribution in [0, 0.1) is 0 Å². The maximum absolute atomic E-state index is 13.1. The van der Waals surface area contributed by atoms with Crippen LogP contribution >= 0.6 is 11.8 Å². The van der Waals surface area contributed by atoms with Crippen molar-refractivity contribution in [3.8, 4) is 0 Å². The average molecular weight is 476 g/mol. The zero-order valence-corrected chi connectivity index (χ0v) is 18.5. The second-order valence-corrected chi connectivity index (χ2v) is 10.4. The Balaban J connectivity index is 1.78. The van der Waals surface area contributed by atoms with E-state index in [1.165, 1.54) is 28.7 Å². The van der Waals surface area contributed by atoms with Gasteiger partial charge in [0.25, 0.3) is 5.91 Å². The van der Waals surface area contributed by atoms with Crippen LogP contribution in [0.15, 0.2) is 41.4 Å². The van der Waals surface area contributed by atoms with E-state index in [1.807, 2.05) is 6.92 Å². The highest BCUT2D eigenvalue weighted by molar-refractivity contribution is 7.99. The van der Waals surface area contributed by atoms with Crippen molar-refractivity contribution in [1.82, 2.24) is 14.6 Å². The van der Waals surface area contributed by atoms with Gasteiger partial charge in [0.05, 0.1) is 11.6 Å². The summed E-state index contributed by atoms with van der Waals surface area (Å²) in [4.78, 5) is 15.4. The van der Waals surface area contributed by atoms with Crippen LogP contribution in [0.3, 0.4) is 0 Å². The average Bonchev–Trinajstić information content (AvgIpc) is 3.25. The molecule has 0 aliphatic carbocycles. The van der Waals surface area contributed by atoms with E-state index in [1.54, 1.807) is 11.8 Å². The molecule has 1 aromatic heterocycles. The molecule has 3 rings (SSSR count). The molecule has 11 heteroatoms. The largest absolute Gasteiger partial charge is 0.416 e. The Kier molecular flexibility index (Phi) is 7.38. The number of sulfonamides is 1. The lowest BCUT2D eigenvalue weighted by atomic mass is 9.99. The van der Waals surface area contributed by atoms with E-state index in [-0.39, 0.29) is 10.6 Å². The van der Waals surface area contributed by atoms with Crippen molar-refractivity contribution < 1.29 is 26.4 Å². The van der Waals surface area contributed by atoms with E-state index in [2.05, 4.69) is 10.3 Å². The number of nitrogens with one attached hydrogen (secondary N) is 2. The molecule has 1 amide bonds. The van der Waals surface area contributed by atoms with Gasteiger partial charge >= 0.3 is 6.18 Å². The Labute approximate surface area is 183 Å². The molecular formula is C20H24F3N3O3S2. The van der Waals surface area contributed by atoms with Crippen LogP contribution in [0.5, 0.6) is 0 Å². The summed E-state index contributed by atoms with van der Waals surface area (Å²) < 4.78 is 66.1. The Hall–Kier alpha value is -1.98. The van der Waals surface area contributed by atoms with Crippen LogP contribution in [0.4, 0.5) is 13.2 Å².